The maximum absolute atomic E-state index is 11.9. The number of carboxylic acids is 1. The Morgan fingerprint density at radius 3 is 2.75 bits per heavy atom. The first-order chi connectivity index (χ1) is 9.54. The van der Waals surface area contributed by atoms with Crippen molar-refractivity contribution >= 4 is 23.6 Å². The molecule has 106 valence electrons. The van der Waals surface area contributed by atoms with Crippen LogP contribution in [0.25, 0.3) is 6.08 Å². The first-order valence-electron chi connectivity index (χ1n) is 6.86. The molecule has 0 spiro atoms. The highest BCUT2D eigenvalue weighted by atomic mass is 16.4. The van der Waals surface area contributed by atoms with Gasteiger partial charge in [0.25, 0.3) is 0 Å². The fourth-order valence-corrected chi connectivity index (χ4v) is 2.21. The van der Waals surface area contributed by atoms with E-state index in [1.165, 1.54) is 12.5 Å². The van der Waals surface area contributed by atoms with Gasteiger partial charge in [-0.15, -0.1) is 0 Å². The molecular formula is C16H19NO3. The Bertz CT molecular complexity index is 545. The second-order valence-corrected chi connectivity index (χ2v) is 5.30. The molecule has 0 unspecified atom stereocenters. The van der Waals surface area contributed by atoms with Crippen LogP contribution in [0.3, 0.4) is 0 Å². The van der Waals surface area contributed by atoms with Gasteiger partial charge in [0.1, 0.15) is 0 Å². The average Bonchev–Trinajstić information content (AvgIpc) is 2.35. The molecule has 1 saturated carbocycles. The predicted molar refractivity (Wildman–Crippen MR) is 78.4 cm³/mol. The van der Waals surface area contributed by atoms with E-state index in [1.807, 2.05) is 19.1 Å². The third-order valence-electron chi connectivity index (χ3n) is 3.65. The van der Waals surface area contributed by atoms with E-state index in [1.54, 1.807) is 6.07 Å². The highest BCUT2D eigenvalue weighted by molar-refractivity contribution is 5.92. The van der Waals surface area contributed by atoms with Crippen LogP contribution in [0.15, 0.2) is 24.3 Å². The second kappa shape index (κ2) is 6.37. The van der Waals surface area contributed by atoms with Crippen molar-refractivity contribution in [3.05, 3.63) is 35.4 Å². The fraction of sp³-hybridized carbons (Fsp3) is 0.375. The van der Waals surface area contributed by atoms with E-state index in [0.29, 0.717) is 12.3 Å². The minimum atomic E-state index is -0.985. The van der Waals surface area contributed by atoms with Crippen molar-refractivity contribution in [2.24, 2.45) is 5.92 Å². The minimum Gasteiger partial charge on any atom is -0.478 e. The molecule has 1 fully saturated rings. The Kier molecular flexibility index (Phi) is 4.56. The van der Waals surface area contributed by atoms with Crippen LogP contribution in [-0.4, -0.2) is 17.0 Å². The van der Waals surface area contributed by atoms with E-state index < -0.39 is 5.97 Å². The lowest BCUT2D eigenvalue weighted by molar-refractivity contribution is -0.131. The Balaban J connectivity index is 2.03. The molecule has 0 bridgehead atoms. The van der Waals surface area contributed by atoms with Crippen LogP contribution in [0.2, 0.25) is 0 Å². The van der Waals surface area contributed by atoms with E-state index in [9.17, 15) is 9.59 Å². The lowest BCUT2D eigenvalue weighted by atomic mass is 9.83. The third-order valence-corrected chi connectivity index (χ3v) is 3.65. The zero-order valence-electron chi connectivity index (χ0n) is 11.6. The largest absolute Gasteiger partial charge is 0.478 e. The van der Waals surface area contributed by atoms with E-state index in [4.69, 9.17) is 5.11 Å². The first kappa shape index (κ1) is 14.3. The molecule has 1 aromatic carbocycles. The Morgan fingerprint density at radius 2 is 2.15 bits per heavy atom. The quantitative estimate of drug-likeness (QED) is 0.809. The minimum absolute atomic E-state index is 0.0390. The smallest absolute Gasteiger partial charge is 0.328 e. The van der Waals surface area contributed by atoms with Crippen molar-refractivity contribution in [3.8, 4) is 0 Å². The molecule has 4 nitrogen and oxygen atoms in total. The Hall–Kier alpha value is -2.10. The molecular weight excluding hydrogens is 254 g/mol. The molecule has 1 amide bonds. The number of carbonyl (C=O) groups is 2. The maximum Gasteiger partial charge on any atom is 0.328 e. The van der Waals surface area contributed by atoms with Gasteiger partial charge in [0, 0.05) is 18.2 Å². The maximum atomic E-state index is 11.9. The summed E-state index contributed by atoms with van der Waals surface area (Å²) in [7, 11) is 0. The van der Waals surface area contributed by atoms with Crippen molar-refractivity contribution in [1.82, 2.24) is 0 Å². The molecule has 0 heterocycles. The highest BCUT2D eigenvalue weighted by Gasteiger charge is 2.20. The van der Waals surface area contributed by atoms with Crippen LogP contribution in [-0.2, 0) is 9.59 Å². The van der Waals surface area contributed by atoms with Crippen LogP contribution < -0.4 is 5.32 Å². The van der Waals surface area contributed by atoms with Gasteiger partial charge in [-0.1, -0.05) is 18.6 Å². The van der Waals surface area contributed by atoms with Crippen LogP contribution in [0.1, 0.15) is 36.8 Å². The van der Waals surface area contributed by atoms with Gasteiger partial charge in [0.15, 0.2) is 0 Å². The van der Waals surface area contributed by atoms with Crippen molar-refractivity contribution in [2.75, 3.05) is 5.32 Å². The van der Waals surface area contributed by atoms with E-state index >= 15 is 0 Å². The number of aryl methyl sites for hydroxylation is 1. The molecule has 1 aliphatic carbocycles. The van der Waals surface area contributed by atoms with Crippen molar-refractivity contribution in [2.45, 2.75) is 32.6 Å². The number of hydrogen-bond acceptors (Lipinski definition) is 2. The van der Waals surface area contributed by atoms with Gasteiger partial charge in [-0.2, -0.15) is 0 Å². The summed E-state index contributed by atoms with van der Waals surface area (Å²) >= 11 is 0. The molecule has 2 rings (SSSR count). The normalized spacial score (nSPS) is 15.1. The highest BCUT2D eigenvalue weighted by Crippen LogP contribution is 2.29. The number of carbonyl (C=O) groups excluding carboxylic acids is 1. The molecule has 1 aliphatic rings. The molecule has 20 heavy (non-hydrogen) atoms. The first-order valence-corrected chi connectivity index (χ1v) is 6.86. The van der Waals surface area contributed by atoms with Crippen molar-refractivity contribution in [3.63, 3.8) is 0 Å². The standard InChI is InChI=1S/C16H19NO3/c1-11-5-6-13(7-8-16(19)20)9-14(11)17-15(18)10-12-3-2-4-12/h5-9,12H,2-4,10H2,1H3,(H,17,18)(H,19,20)/b8-7+. The topological polar surface area (TPSA) is 66.4 Å². The molecule has 0 radical (unpaired) electrons. The van der Waals surface area contributed by atoms with Crippen molar-refractivity contribution < 1.29 is 14.7 Å². The summed E-state index contributed by atoms with van der Waals surface area (Å²) < 4.78 is 0. The molecule has 0 atom stereocenters. The van der Waals surface area contributed by atoms with Crippen molar-refractivity contribution in [1.29, 1.82) is 0 Å². The summed E-state index contributed by atoms with van der Waals surface area (Å²) in [6.45, 7) is 1.92. The van der Waals surface area contributed by atoms with Crippen LogP contribution in [0, 0.1) is 12.8 Å². The summed E-state index contributed by atoms with van der Waals surface area (Å²) in [6, 6.07) is 5.50. The molecule has 0 saturated heterocycles. The third kappa shape index (κ3) is 3.95. The number of hydrogen-bond donors (Lipinski definition) is 2. The lowest BCUT2D eigenvalue weighted by Crippen LogP contribution is -2.21. The molecule has 0 aromatic heterocycles. The summed E-state index contributed by atoms with van der Waals surface area (Å²) in [6.07, 6.45) is 6.71. The van der Waals surface area contributed by atoms with Gasteiger partial charge in [0.2, 0.25) is 5.91 Å². The number of anilines is 1. The number of amides is 1. The van der Waals surface area contributed by atoms with Crippen LogP contribution in [0.4, 0.5) is 5.69 Å². The number of carboxylic acid groups (broad SMARTS) is 1. The monoisotopic (exact) mass is 273 g/mol. The number of benzene rings is 1. The van der Waals surface area contributed by atoms with E-state index in [0.717, 1.165) is 35.7 Å². The predicted octanol–water partition coefficient (Wildman–Crippen LogP) is 3.22. The van der Waals surface area contributed by atoms with Crippen LogP contribution >= 0.6 is 0 Å². The number of aliphatic carboxylic acids is 1. The summed E-state index contributed by atoms with van der Waals surface area (Å²) in [4.78, 5) is 22.4. The summed E-state index contributed by atoms with van der Waals surface area (Å²) in [5.74, 6) is -0.413. The molecule has 0 aliphatic heterocycles. The number of rotatable bonds is 5. The Labute approximate surface area is 118 Å². The average molecular weight is 273 g/mol. The summed E-state index contributed by atoms with van der Waals surface area (Å²) in [5, 5.41) is 11.5. The van der Waals surface area contributed by atoms with Gasteiger partial charge in [-0.05, 0) is 49.0 Å². The zero-order chi connectivity index (χ0) is 14.5. The van der Waals surface area contributed by atoms with Gasteiger partial charge < -0.3 is 10.4 Å². The van der Waals surface area contributed by atoms with Gasteiger partial charge >= 0.3 is 5.97 Å². The molecule has 4 heteroatoms. The fourth-order valence-electron chi connectivity index (χ4n) is 2.21. The van der Waals surface area contributed by atoms with Gasteiger partial charge in [-0.3, -0.25) is 4.79 Å². The Morgan fingerprint density at radius 1 is 1.40 bits per heavy atom. The van der Waals surface area contributed by atoms with Gasteiger partial charge in [-0.25, -0.2) is 4.79 Å². The van der Waals surface area contributed by atoms with Gasteiger partial charge in [0.05, 0.1) is 0 Å². The van der Waals surface area contributed by atoms with E-state index in [2.05, 4.69) is 5.32 Å². The molecule has 1 aromatic rings. The number of nitrogens with one attached hydrogen (secondary N) is 1. The second-order valence-electron chi connectivity index (χ2n) is 5.30. The lowest BCUT2D eigenvalue weighted by Gasteiger charge is -2.24. The summed E-state index contributed by atoms with van der Waals surface area (Å²) in [5.41, 5.74) is 2.48. The zero-order valence-corrected chi connectivity index (χ0v) is 11.6. The SMILES string of the molecule is Cc1ccc(/C=C/C(=O)O)cc1NC(=O)CC1CCC1. The molecule has 2 N–H and O–H groups in total. The van der Waals surface area contributed by atoms with E-state index in [-0.39, 0.29) is 5.91 Å². The van der Waals surface area contributed by atoms with Crippen LogP contribution in [0.5, 0.6) is 0 Å².